The van der Waals surface area contributed by atoms with Gasteiger partial charge in [0.2, 0.25) is 0 Å². The molecule has 1 fully saturated rings. The lowest BCUT2D eigenvalue weighted by atomic mass is 10.0. The van der Waals surface area contributed by atoms with E-state index in [4.69, 9.17) is 4.98 Å². The average Bonchev–Trinajstić information content (AvgIpc) is 3.74. The Morgan fingerprint density at radius 3 is 2.70 bits per heavy atom. The van der Waals surface area contributed by atoms with Crippen LogP contribution in [0.5, 0.6) is 0 Å². The zero-order chi connectivity index (χ0) is 27.5. The Kier molecular flexibility index (Phi) is 7.43. The molecule has 6 rings (SSSR count). The van der Waals surface area contributed by atoms with Gasteiger partial charge in [0, 0.05) is 16.3 Å². The molecule has 5 aromatic rings. The number of allylic oxidation sites excluding steroid dienone is 5. The maximum atomic E-state index is 14.0. The second-order valence-corrected chi connectivity index (χ2v) is 10.5. The Bertz CT molecular complexity index is 1730. The monoisotopic (exact) mass is 531 g/mol. The van der Waals surface area contributed by atoms with Gasteiger partial charge in [0.05, 0.1) is 23.1 Å². The molecular weight excluding hydrogens is 497 g/mol. The third kappa shape index (κ3) is 5.27. The molecule has 4 heterocycles. The number of H-pyrrole nitrogens is 2. The summed E-state index contributed by atoms with van der Waals surface area (Å²) < 4.78 is 14.0. The molecule has 0 radical (unpaired) electrons. The molecule has 1 saturated heterocycles. The molecule has 3 aromatic heterocycles. The molecular formula is C34H34FN5. The van der Waals surface area contributed by atoms with Crippen molar-refractivity contribution in [1.82, 2.24) is 25.1 Å². The summed E-state index contributed by atoms with van der Waals surface area (Å²) in [6, 6.07) is 16.9. The van der Waals surface area contributed by atoms with Gasteiger partial charge < -0.3 is 9.88 Å². The van der Waals surface area contributed by atoms with E-state index in [1.807, 2.05) is 43.5 Å². The van der Waals surface area contributed by atoms with Gasteiger partial charge in [0.25, 0.3) is 0 Å². The molecule has 40 heavy (non-hydrogen) atoms. The highest BCUT2D eigenvalue weighted by Gasteiger charge is 2.16. The van der Waals surface area contributed by atoms with Crippen molar-refractivity contribution in [2.75, 3.05) is 19.6 Å². The number of hydrogen-bond donors (Lipinski definition) is 2. The smallest absolute Gasteiger partial charge is 0.123 e. The quantitative estimate of drug-likeness (QED) is 0.188. The highest BCUT2D eigenvalue weighted by Crippen LogP contribution is 2.35. The van der Waals surface area contributed by atoms with Gasteiger partial charge >= 0.3 is 0 Å². The molecule has 0 bridgehead atoms. The van der Waals surface area contributed by atoms with Crippen LogP contribution in [-0.4, -0.2) is 44.7 Å². The number of benzene rings is 2. The van der Waals surface area contributed by atoms with Crippen molar-refractivity contribution < 1.29 is 4.39 Å². The molecule has 0 amide bonds. The Balaban J connectivity index is 1.31. The highest BCUT2D eigenvalue weighted by atomic mass is 19.1. The van der Waals surface area contributed by atoms with Crippen molar-refractivity contribution in [1.29, 1.82) is 0 Å². The molecule has 0 saturated carbocycles. The van der Waals surface area contributed by atoms with Gasteiger partial charge in [-0.2, -0.15) is 5.10 Å². The van der Waals surface area contributed by atoms with E-state index in [2.05, 4.69) is 50.9 Å². The Hall–Kier alpha value is -4.29. The minimum Gasteiger partial charge on any atom is -0.353 e. The van der Waals surface area contributed by atoms with E-state index in [0.717, 1.165) is 75.0 Å². The molecule has 2 aromatic carbocycles. The fraction of sp³-hybridized carbons (Fsp3) is 0.235. The minimum atomic E-state index is -0.247. The first-order valence-corrected chi connectivity index (χ1v) is 14.1. The van der Waals surface area contributed by atoms with Crippen molar-refractivity contribution in [3.8, 4) is 22.5 Å². The lowest BCUT2D eigenvalue weighted by Gasteiger charge is -2.14. The molecule has 1 aliphatic rings. The maximum Gasteiger partial charge on any atom is 0.123 e. The number of nitrogens with zero attached hydrogens (tertiary/aromatic N) is 3. The fourth-order valence-electron chi connectivity index (χ4n) is 5.72. The normalized spacial score (nSPS) is 14.9. The maximum absolute atomic E-state index is 14.0. The predicted octanol–water partition coefficient (Wildman–Crippen LogP) is 8.30. The van der Waals surface area contributed by atoms with Gasteiger partial charge in [-0.05, 0) is 111 Å². The van der Waals surface area contributed by atoms with E-state index in [0.29, 0.717) is 0 Å². The molecule has 5 nitrogen and oxygen atoms in total. The van der Waals surface area contributed by atoms with E-state index >= 15 is 0 Å². The average molecular weight is 532 g/mol. The summed E-state index contributed by atoms with van der Waals surface area (Å²) in [5.41, 5.74) is 8.58. The summed E-state index contributed by atoms with van der Waals surface area (Å²) >= 11 is 0. The molecule has 6 heteroatoms. The number of nitrogens with one attached hydrogen (secondary N) is 2. The summed E-state index contributed by atoms with van der Waals surface area (Å²) in [4.78, 5) is 10.8. The van der Waals surface area contributed by atoms with Crippen LogP contribution in [-0.2, 0) is 0 Å². The molecule has 0 aliphatic carbocycles. The van der Waals surface area contributed by atoms with Gasteiger partial charge in [-0.3, -0.25) is 10.1 Å². The number of pyridine rings is 1. The van der Waals surface area contributed by atoms with E-state index in [1.165, 1.54) is 37.6 Å². The standard InChI is InChI=1S/C34H34FN5/c1-3-23(10-9-17-40-15-5-6-16-40)18-24(4-2)31-21-29-33(22-36-31)38-39-34(29)32-20-28-27(13-8-14-30(28)37-32)25-11-7-12-26(35)19-25/h3-4,7-8,11-14,18-22,37H,1,5-6,9-10,15-17H2,2H3,(H,38,39)/b23-18+,24-4+. The summed E-state index contributed by atoms with van der Waals surface area (Å²) in [6.07, 6.45) is 12.9. The summed E-state index contributed by atoms with van der Waals surface area (Å²) in [6.45, 7) is 9.72. The van der Waals surface area contributed by atoms with Crippen LogP contribution >= 0.6 is 0 Å². The van der Waals surface area contributed by atoms with Gasteiger partial charge in [0.15, 0.2) is 0 Å². The van der Waals surface area contributed by atoms with Gasteiger partial charge in [-0.25, -0.2) is 4.39 Å². The van der Waals surface area contributed by atoms with Crippen LogP contribution in [0.4, 0.5) is 4.39 Å². The second-order valence-electron chi connectivity index (χ2n) is 10.5. The number of fused-ring (bicyclic) bond motifs is 2. The zero-order valence-corrected chi connectivity index (χ0v) is 22.9. The van der Waals surface area contributed by atoms with E-state index in [1.54, 1.807) is 12.1 Å². The third-order valence-corrected chi connectivity index (χ3v) is 7.85. The lowest BCUT2D eigenvalue weighted by Crippen LogP contribution is -2.20. The van der Waals surface area contributed by atoms with Crippen LogP contribution in [0.1, 0.15) is 38.3 Å². The van der Waals surface area contributed by atoms with Crippen LogP contribution in [0.3, 0.4) is 0 Å². The Labute approximate surface area is 234 Å². The fourth-order valence-corrected chi connectivity index (χ4v) is 5.72. The first-order chi connectivity index (χ1) is 19.6. The number of rotatable bonds is 9. The largest absolute Gasteiger partial charge is 0.353 e. The molecule has 2 N–H and O–H groups in total. The number of likely N-dealkylation sites (tertiary alicyclic amines) is 1. The molecule has 0 spiro atoms. The number of aromatic amines is 2. The van der Waals surface area contributed by atoms with E-state index in [-0.39, 0.29) is 5.82 Å². The SMILES string of the molecule is C=C/C(=C\C(=C/C)c1cc2c(-c3cc4c(-c5cccc(F)c5)cccc4[nH]3)n[nH]c2cn1)CCCN1CCCC1. The third-order valence-electron chi connectivity index (χ3n) is 7.85. The molecule has 1 aliphatic heterocycles. The van der Waals surface area contributed by atoms with E-state index < -0.39 is 0 Å². The van der Waals surface area contributed by atoms with Crippen LogP contribution in [0.2, 0.25) is 0 Å². The topological polar surface area (TPSA) is 60.6 Å². The first-order valence-electron chi connectivity index (χ1n) is 14.1. The van der Waals surface area contributed by atoms with Crippen molar-refractivity contribution in [2.24, 2.45) is 0 Å². The van der Waals surface area contributed by atoms with E-state index in [9.17, 15) is 4.39 Å². The van der Waals surface area contributed by atoms with Gasteiger partial charge in [-0.1, -0.05) is 43.0 Å². The summed E-state index contributed by atoms with van der Waals surface area (Å²) in [5.74, 6) is -0.247. The highest BCUT2D eigenvalue weighted by molar-refractivity contribution is 6.01. The van der Waals surface area contributed by atoms with Crippen LogP contribution in [0.25, 0.3) is 49.9 Å². The number of halogens is 1. The molecule has 0 unspecified atom stereocenters. The molecule has 202 valence electrons. The van der Waals surface area contributed by atoms with Crippen LogP contribution < -0.4 is 0 Å². The Morgan fingerprint density at radius 1 is 1.05 bits per heavy atom. The number of hydrogen-bond acceptors (Lipinski definition) is 3. The molecule has 0 atom stereocenters. The van der Waals surface area contributed by atoms with Gasteiger partial charge in [-0.15, -0.1) is 0 Å². The minimum absolute atomic E-state index is 0.247. The van der Waals surface area contributed by atoms with Crippen molar-refractivity contribution >= 4 is 27.4 Å². The van der Waals surface area contributed by atoms with Crippen molar-refractivity contribution in [3.63, 3.8) is 0 Å². The predicted molar refractivity (Wildman–Crippen MR) is 163 cm³/mol. The van der Waals surface area contributed by atoms with Crippen LogP contribution in [0.15, 0.2) is 91.2 Å². The van der Waals surface area contributed by atoms with Crippen LogP contribution in [0, 0.1) is 5.82 Å². The lowest BCUT2D eigenvalue weighted by molar-refractivity contribution is 0.334. The number of aromatic nitrogens is 4. The van der Waals surface area contributed by atoms with Gasteiger partial charge in [0.1, 0.15) is 11.5 Å². The Morgan fingerprint density at radius 2 is 1.90 bits per heavy atom. The summed E-state index contributed by atoms with van der Waals surface area (Å²) in [7, 11) is 0. The first kappa shape index (κ1) is 26.0. The van der Waals surface area contributed by atoms with Crippen molar-refractivity contribution in [2.45, 2.75) is 32.6 Å². The van der Waals surface area contributed by atoms with Crippen molar-refractivity contribution in [3.05, 3.63) is 103 Å². The zero-order valence-electron chi connectivity index (χ0n) is 22.9. The second kappa shape index (κ2) is 11.4. The summed E-state index contributed by atoms with van der Waals surface area (Å²) in [5, 5.41) is 9.80.